The van der Waals surface area contributed by atoms with Gasteiger partial charge < -0.3 is 14.6 Å². The minimum absolute atomic E-state index is 0.136. The highest BCUT2D eigenvalue weighted by molar-refractivity contribution is 5.83. The van der Waals surface area contributed by atoms with Crippen molar-refractivity contribution in [3.05, 3.63) is 40.4 Å². The van der Waals surface area contributed by atoms with Gasteiger partial charge in [-0.3, -0.25) is 4.79 Å². The number of benzene rings is 1. The Hall–Kier alpha value is -1.88. The lowest BCUT2D eigenvalue weighted by Crippen LogP contribution is -2.23. The van der Waals surface area contributed by atoms with Crippen LogP contribution in [0.15, 0.2) is 29.2 Å². The number of pyridine rings is 1. The van der Waals surface area contributed by atoms with Crippen LogP contribution in [0.4, 0.5) is 10.1 Å². The Kier molecular flexibility index (Phi) is 4.27. The van der Waals surface area contributed by atoms with E-state index in [0.717, 1.165) is 31.4 Å². The average Bonchev–Trinajstić information content (AvgIpc) is 3.12. The van der Waals surface area contributed by atoms with E-state index < -0.39 is 0 Å². The minimum Gasteiger partial charge on any atom is -0.380 e. The van der Waals surface area contributed by atoms with Crippen LogP contribution >= 0.6 is 0 Å². The average molecular weight is 330 g/mol. The van der Waals surface area contributed by atoms with E-state index in [2.05, 4.69) is 9.88 Å². The second-order valence-electron chi connectivity index (χ2n) is 6.93. The second kappa shape index (κ2) is 6.55. The first-order chi connectivity index (χ1) is 11.7. The SMILES string of the molecule is O=c1ccn(C2CCOC2)c2cc(NC3CCCCC3)c(F)cc12. The highest BCUT2D eigenvalue weighted by Crippen LogP contribution is 2.28. The predicted molar refractivity (Wildman–Crippen MR) is 93.1 cm³/mol. The number of halogens is 1. The van der Waals surface area contributed by atoms with E-state index in [-0.39, 0.29) is 17.3 Å². The first-order valence-corrected chi connectivity index (χ1v) is 8.91. The van der Waals surface area contributed by atoms with Crippen molar-refractivity contribution in [3.63, 3.8) is 0 Å². The molecule has 1 atom stereocenters. The molecule has 24 heavy (non-hydrogen) atoms. The van der Waals surface area contributed by atoms with E-state index in [0.29, 0.717) is 23.7 Å². The molecular formula is C19H23FN2O2. The summed E-state index contributed by atoms with van der Waals surface area (Å²) in [6.45, 7) is 1.37. The lowest BCUT2D eigenvalue weighted by molar-refractivity contribution is 0.187. The van der Waals surface area contributed by atoms with Crippen molar-refractivity contribution < 1.29 is 9.13 Å². The van der Waals surface area contributed by atoms with Gasteiger partial charge in [-0.25, -0.2) is 4.39 Å². The molecular weight excluding hydrogens is 307 g/mol. The van der Waals surface area contributed by atoms with Crippen molar-refractivity contribution in [1.29, 1.82) is 0 Å². The van der Waals surface area contributed by atoms with Crippen LogP contribution < -0.4 is 10.7 Å². The summed E-state index contributed by atoms with van der Waals surface area (Å²) >= 11 is 0. The van der Waals surface area contributed by atoms with E-state index in [1.807, 2.05) is 6.20 Å². The molecule has 1 aliphatic carbocycles. The van der Waals surface area contributed by atoms with Gasteiger partial charge in [0.1, 0.15) is 5.82 Å². The third-order valence-electron chi connectivity index (χ3n) is 5.28. The van der Waals surface area contributed by atoms with Crippen molar-refractivity contribution >= 4 is 16.6 Å². The van der Waals surface area contributed by atoms with E-state index in [1.165, 1.54) is 31.4 Å². The lowest BCUT2D eigenvalue weighted by Gasteiger charge is -2.25. The monoisotopic (exact) mass is 330 g/mol. The first-order valence-electron chi connectivity index (χ1n) is 8.91. The van der Waals surface area contributed by atoms with Crippen molar-refractivity contribution in [2.45, 2.75) is 50.6 Å². The number of hydrogen-bond donors (Lipinski definition) is 1. The minimum atomic E-state index is -0.342. The molecule has 1 unspecified atom stereocenters. The Balaban J connectivity index is 1.76. The molecule has 1 aliphatic heterocycles. The van der Waals surface area contributed by atoms with Gasteiger partial charge in [-0.05, 0) is 31.4 Å². The van der Waals surface area contributed by atoms with Gasteiger partial charge in [0, 0.05) is 30.3 Å². The molecule has 1 saturated heterocycles. The molecule has 2 fully saturated rings. The number of anilines is 1. The molecule has 4 nitrogen and oxygen atoms in total. The fourth-order valence-corrected chi connectivity index (χ4v) is 3.93. The highest BCUT2D eigenvalue weighted by atomic mass is 19.1. The van der Waals surface area contributed by atoms with Crippen LogP contribution in [0.2, 0.25) is 0 Å². The van der Waals surface area contributed by atoms with Crippen molar-refractivity contribution in [1.82, 2.24) is 4.57 Å². The molecule has 0 bridgehead atoms. The van der Waals surface area contributed by atoms with E-state index in [9.17, 15) is 9.18 Å². The molecule has 128 valence electrons. The molecule has 1 saturated carbocycles. The molecule has 2 heterocycles. The summed E-state index contributed by atoms with van der Waals surface area (Å²) in [5, 5.41) is 3.80. The zero-order valence-corrected chi connectivity index (χ0v) is 13.8. The summed E-state index contributed by atoms with van der Waals surface area (Å²) in [6.07, 6.45) is 8.53. The third-order valence-corrected chi connectivity index (χ3v) is 5.28. The summed E-state index contributed by atoms with van der Waals surface area (Å²) in [4.78, 5) is 12.2. The summed E-state index contributed by atoms with van der Waals surface area (Å²) < 4.78 is 22.1. The summed E-state index contributed by atoms with van der Waals surface area (Å²) in [7, 11) is 0. The second-order valence-corrected chi connectivity index (χ2v) is 6.93. The first kappa shape index (κ1) is 15.6. The molecule has 2 aliphatic rings. The summed E-state index contributed by atoms with van der Waals surface area (Å²) in [5.74, 6) is -0.342. The van der Waals surface area contributed by atoms with Gasteiger partial charge >= 0.3 is 0 Å². The fourth-order valence-electron chi connectivity index (χ4n) is 3.93. The predicted octanol–water partition coefficient (Wildman–Crippen LogP) is 3.85. The van der Waals surface area contributed by atoms with Crippen LogP contribution in [0, 0.1) is 5.82 Å². The Bertz CT molecular complexity index is 790. The zero-order valence-electron chi connectivity index (χ0n) is 13.8. The van der Waals surface area contributed by atoms with E-state index in [4.69, 9.17) is 4.74 Å². The number of ether oxygens (including phenoxy) is 1. The van der Waals surface area contributed by atoms with Gasteiger partial charge in [-0.2, -0.15) is 0 Å². The van der Waals surface area contributed by atoms with Gasteiger partial charge in [0.15, 0.2) is 5.43 Å². The molecule has 1 aromatic heterocycles. The van der Waals surface area contributed by atoms with E-state index >= 15 is 0 Å². The Morgan fingerprint density at radius 3 is 2.75 bits per heavy atom. The maximum Gasteiger partial charge on any atom is 0.189 e. The van der Waals surface area contributed by atoms with Gasteiger partial charge in [0.05, 0.1) is 23.9 Å². The molecule has 1 N–H and O–H groups in total. The van der Waals surface area contributed by atoms with Crippen molar-refractivity contribution in [2.75, 3.05) is 18.5 Å². The number of hydrogen-bond acceptors (Lipinski definition) is 3. The molecule has 0 amide bonds. The number of aromatic nitrogens is 1. The molecule has 0 spiro atoms. The molecule has 0 radical (unpaired) electrons. The van der Waals surface area contributed by atoms with E-state index in [1.54, 1.807) is 6.07 Å². The normalized spacial score (nSPS) is 22.1. The Morgan fingerprint density at radius 2 is 2.00 bits per heavy atom. The van der Waals surface area contributed by atoms with Crippen LogP contribution in [-0.4, -0.2) is 23.8 Å². The highest BCUT2D eigenvalue weighted by Gasteiger charge is 2.21. The smallest absolute Gasteiger partial charge is 0.189 e. The molecule has 4 rings (SSSR count). The topological polar surface area (TPSA) is 43.3 Å². The quantitative estimate of drug-likeness (QED) is 0.930. The van der Waals surface area contributed by atoms with Crippen LogP contribution in [0.25, 0.3) is 10.9 Å². The maximum absolute atomic E-state index is 14.5. The number of rotatable bonds is 3. The zero-order chi connectivity index (χ0) is 16.5. The van der Waals surface area contributed by atoms with Crippen molar-refractivity contribution in [2.24, 2.45) is 0 Å². The Labute approximate surface area is 140 Å². The Morgan fingerprint density at radius 1 is 1.17 bits per heavy atom. The fraction of sp³-hybridized carbons (Fsp3) is 0.526. The van der Waals surface area contributed by atoms with Crippen LogP contribution in [0.1, 0.15) is 44.6 Å². The maximum atomic E-state index is 14.5. The van der Waals surface area contributed by atoms with Crippen LogP contribution in [0.3, 0.4) is 0 Å². The molecule has 5 heteroatoms. The van der Waals surface area contributed by atoms with Gasteiger partial charge in [-0.1, -0.05) is 19.3 Å². The van der Waals surface area contributed by atoms with Crippen LogP contribution in [0.5, 0.6) is 0 Å². The van der Waals surface area contributed by atoms with Crippen molar-refractivity contribution in [3.8, 4) is 0 Å². The number of nitrogens with one attached hydrogen (secondary N) is 1. The number of fused-ring (bicyclic) bond motifs is 1. The van der Waals surface area contributed by atoms with Gasteiger partial charge in [-0.15, -0.1) is 0 Å². The summed E-state index contributed by atoms with van der Waals surface area (Å²) in [6, 6.07) is 5.24. The lowest BCUT2D eigenvalue weighted by atomic mass is 9.95. The third kappa shape index (κ3) is 2.93. The van der Waals surface area contributed by atoms with Crippen LogP contribution in [-0.2, 0) is 4.74 Å². The van der Waals surface area contributed by atoms with Gasteiger partial charge in [0.25, 0.3) is 0 Å². The summed E-state index contributed by atoms with van der Waals surface area (Å²) in [5.41, 5.74) is 1.16. The molecule has 2 aromatic rings. The standard InChI is InChI=1S/C19H23FN2O2/c20-16-10-15-18(11-17(16)21-13-4-2-1-3-5-13)22(8-6-19(15)23)14-7-9-24-12-14/h6,8,10-11,13-14,21H,1-5,7,9,12H2. The largest absolute Gasteiger partial charge is 0.380 e. The van der Waals surface area contributed by atoms with Gasteiger partial charge in [0.2, 0.25) is 0 Å². The number of nitrogens with zero attached hydrogens (tertiary/aromatic N) is 1. The molecule has 1 aromatic carbocycles.